The Bertz CT molecular complexity index is 713. The van der Waals surface area contributed by atoms with Gasteiger partial charge in [0.25, 0.3) is 0 Å². The Balaban J connectivity index is 2.13. The molecule has 3 nitrogen and oxygen atoms in total. The summed E-state index contributed by atoms with van der Waals surface area (Å²) in [4.78, 5) is 1.49. The first-order chi connectivity index (χ1) is 9.89. The highest BCUT2D eigenvalue weighted by Gasteiger charge is 2.17. The van der Waals surface area contributed by atoms with E-state index < -0.39 is 10.0 Å². The van der Waals surface area contributed by atoms with E-state index >= 15 is 0 Å². The maximum atomic E-state index is 12.1. The van der Waals surface area contributed by atoms with Crippen LogP contribution in [0.2, 0.25) is 0 Å². The lowest BCUT2D eigenvalue weighted by Crippen LogP contribution is -2.22. The van der Waals surface area contributed by atoms with Gasteiger partial charge in [0.1, 0.15) is 0 Å². The van der Waals surface area contributed by atoms with Crippen LogP contribution in [0.25, 0.3) is 0 Å². The second-order valence-corrected chi connectivity index (χ2v) is 8.79. The Morgan fingerprint density at radius 3 is 2.38 bits per heavy atom. The molecule has 0 saturated heterocycles. The topological polar surface area (TPSA) is 37.4 Å². The number of sulfonamides is 1. The van der Waals surface area contributed by atoms with E-state index in [1.807, 2.05) is 30.3 Å². The fourth-order valence-corrected chi connectivity index (χ4v) is 3.78. The number of rotatable bonds is 5. The lowest BCUT2D eigenvalue weighted by molar-refractivity contribution is 0.520. The number of thioether (sulfide) groups is 1. The van der Waals surface area contributed by atoms with E-state index in [2.05, 4.69) is 15.9 Å². The highest BCUT2D eigenvalue weighted by Crippen LogP contribution is 2.25. The van der Waals surface area contributed by atoms with E-state index in [-0.39, 0.29) is 0 Å². The quantitative estimate of drug-likeness (QED) is 0.730. The Hall–Kier alpha value is -0.820. The van der Waals surface area contributed by atoms with Crippen molar-refractivity contribution in [2.45, 2.75) is 15.5 Å². The van der Waals surface area contributed by atoms with Crippen molar-refractivity contribution in [2.75, 3.05) is 14.1 Å². The van der Waals surface area contributed by atoms with Crippen LogP contribution in [0.5, 0.6) is 0 Å². The van der Waals surface area contributed by atoms with Crippen molar-refractivity contribution in [1.82, 2.24) is 4.31 Å². The van der Waals surface area contributed by atoms with Gasteiger partial charge in [-0.3, -0.25) is 0 Å². The van der Waals surface area contributed by atoms with Gasteiger partial charge in [0.05, 0.1) is 4.90 Å². The third-order valence-electron chi connectivity index (χ3n) is 2.90. The molecule has 0 heterocycles. The summed E-state index contributed by atoms with van der Waals surface area (Å²) in [7, 11) is -0.290. The predicted octanol–water partition coefficient (Wildman–Crippen LogP) is 3.99. The third-order valence-corrected chi connectivity index (χ3v) is 6.32. The first-order valence-corrected chi connectivity index (χ1v) is 9.51. The van der Waals surface area contributed by atoms with Gasteiger partial charge in [0.2, 0.25) is 10.0 Å². The summed E-state index contributed by atoms with van der Waals surface area (Å²) in [6, 6.07) is 15.2. The second-order valence-electron chi connectivity index (χ2n) is 4.68. The molecule has 0 amide bonds. The normalized spacial score (nSPS) is 11.8. The molecule has 0 unspecified atom stereocenters. The molecule has 0 spiro atoms. The van der Waals surface area contributed by atoms with Crippen LogP contribution < -0.4 is 0 Å². The van der Waals surface area contributed by atoms with Crippen LogP contribution in [0.4, 0.5) is 0 Å². The summed E-state index contributed by atoms with van der Waals surface area (Å²) in [6.07, 6.45) is 0. The minimum Gasteiger partial charge on any atom is -0.207 e. The van der Waals surface area contributed by atoms with Crippen LogP contribution in [0, 0.1) is 0 Å². The lowest BCUT2D eigenvalue weighted by Gasteiger charge is -2.12. The Morgan fingerprint density at radius 2 is 1.76 bits per heavy atom. The van der Waals surface area contributed by atoms with E-state index in [1.54, 1.807) is 44.1 Å². The summed E-state index contributed by atoms with van der Waals surface area (Å²) < 4.78 is 26.5. The summed E-state index contributed by atoms with van der Waals surface area (Å²) in [5, 5.41) is 0. The smallest absolute Gasteiger partial charge is 0.207 e. The molecule has 2 aromatic carbocycles. The molecule has 0 N–H and O–H groups in total. The maximum absolute atomic E-state index is 12.1. The van der Waals surface area contributed by atoms with Gasteiger partial charge in [-0.25, -0.2) is 12.7 Å². The zero-order chi connectivity index (χ0) is 15.5. The van der Waals surface area contributed by atoms with E-state index in [0.29, 0.717) is 4.90 Å². The molecule has 0 aliphatic rings. The van der Waals surface area contributed by atoms with Crippen molar-refractivity contribution in [1.29, 1.82) is 0 Å². The summed E-state index contributed by atoms with van der Waals surface area (Å²) in [6.45, 7) is 0. The van der Waals surface area contributed by atoms with E-state index in [4.69, 9.17) is 0 Å². The number of benzene rings is 2. The van der Waals surface area contributed by atoms with Gasteiger partial charge in [-0.1, -0.05) is 28.1 Å². The molecular formula is C15H16BrNO2S2. The maximum Gasteiger partial charge on any atom is 0.242 e. The molecule has 112 valence electrons. The highest BCUT2D eigenvalue weighted by molar-refractivity contribution is 9.10. The molecule has 0 aromatic heterocycles. The first-order valence-electron chi connectivity index (χ1n) is 6.29. The van der Waals surface area contributed by atoms with Gasteiger partial charge in [-0.15, -0.1) is 11.8 Å². The second kappa shape index (κ2) is 6.96. The average molecular weight is 386 g/mol. The zero-order valence-corrected chi connectivity index (χ0v) is 15.0. The van der Waals surface area contributed by atoms with E-state index in [9.17, 15) is 8.42 Å². The zero-order valence-electron chi connectivity index (χ0n) is 11.8. The molecule has 0 bridgehead atoms. The molecule has 0 atom stereocenters. The van der Waals surface area contributed by atoms with Gasteiger partial charge < -0.3 is 0 Å². The standard InChI is InChI=1S/C15H16BrNO2S2/c1-17(2)21(18,19)15-5-3-4-12(10-15)11-20-14-8-6-13(16)7-9-14/h3-10H,11H2,1-2H3. The van der Waals surface area contributed by atoms with Crippen molar-refractivity contribution >= 4 is 37.7 Å². The van der Waals surface area contributed by atoms with Crippen LogP contribution in [0.1, 0.15) is 5.56 Å². The summed E-state index contributed by atoms with van der Waals surface area (Å²) >= 11 is 5.09. The third kappa shape index (κ3) is 4.32. The van der Waals surface area contributed by atoms with Gasteiger partial charge in [-0.05, 0) is 42.0 Å². The van der Waals surface area contributed by atoms with Crippen LogP contribution in [-0.2, 0) is 15.8 Å². The van der Waals surface area contributed by atoms with Crippen LogP contribution in [0.15, 0.2) is 62.8 Å². The van der Waals surface area contributed by atoms with Gasteiger partial charge in [-0.2, -0.15) is 0 Å². The molecule has 0 fully saturated rings. The number of halogens is 1. The van der Waals surface area contributed by atoms with Gasteiger partial charge in [0, 0.05) is 29.2 Å². The monoisotopic (exact) mass is 385 g/mol. The lowest BCUT2D eigenvalue weighted by atomic mass is 10.2. The Morgan fingerprint density at radius 1 is 1.10 bits per heavy atom. The van der Waals surface area contributed by atoms with Crippen LogP contribution in [0.3, 0.4) is 0 Å². The van der Waals surface area contributed by atoms with Crippen molar-refractivity contribution in [3.63, 3.8) is 0 Å². The fraction of sp³-hybridized carbons (Fsp3) is 0.200. The van der Waals surface area contributed by atoms with Crippen LogP contribution >= 0.6 is 27.7 Å². The first kappa shape index (κ1) is 16.5. The molecule has 6 heteroatoms. The summed E-state index contributed by atoms with van der Waals surface area (Å²) in [5.74, 6) is 0.735. The minimum atomic E-state index is -3.37. The SMILES string of the molecule is CN(C)S(=O)(=O)c1cccc(CSc2ccc(Br)cc2)c1. The van der Waals surface area contributed by atoms with Crippen molar-refractivity contribution in [2.24, 2.45) is 0 Å². The minimum absolute atomic E-state index is 0.335. The van der Waals surface area contributed by atoms with Gasteiger partial charge in [0.15, 0.2) is 0 Å². The predicted molar refractivity (Wildman–Crippen MR) is 91.0 cm³/mol. The molecule has 0 aliphatic carbocycles. The average Bonchev–Trinajstić information content (AvgIpc) is 2.47. The molecule has 0 radical (unpaired) electrons. The molecule has 0 aliphatic heterocycles. The molecule has 0 saturated carbocycles. The molecule has 2 rings (SSSR count). The molecule has 2 aromatic rings. The summed E-state index contributed by atoms with van der Waals surface area (Å²) in [5.41, 5.74) is 0.992. The highest BCUT2D eigenvalue weighted by atomic mass is 79.9. The van der Waals surface area contributed by atoms with E-state index in [1.165, 1.54) is 4.31 Å². The fourth-order valence-electron chi connectivity index (χ4n) is 1.70. The largest absolute Gasteiger partial charge is 0.242 e. The Kier molecular flexibility index (Phi) is 5.48. The van der Waals surface area contributed by atoms with E-state index in [0.717, 1.165) is 20.7 Å². The number of hydrogen-bond acceptors (Lipinski definition) is 3. The van der Waals surface area contributed by atoms with Crippen molar-refractivity contribution in [3.05, 3.63) is 58.6 Å². The molecular weight excluding hydrogens is 370 g/mol. The molecule has 21 heavy (non-hydrogen) atoms. The number of hydrogen-bond donors (Lipinski definition) is 0. The van der Waals surface area contributed by atoms with Crippen LogP contribution in [-0.4, -0.2) is 26.8 Å². The number of nitrogens with zero attached hydrogens (tertiary/aromatic N) is 1. The van der Waals surface area contributed by atoms with Gasteiger partial charge >= 0.3 is 0 Å². The Labute approximate surface area is 138 Å². The van der Waals surface area contributed by atoms with Crippen molar-refractivity contribution in [3.8, 4) is 0 Å². The van der Waals surface area contributed by atoms with Crippen molar-refractivity contribution < 1.29 is 8.42 Å².